The number of rotatable bonds is 0. The fourth-order valence-electron chi connectivity index (χ4n) is 0.302. The van der Waals surface area contributed by atoms with Gasteiger partial charge in [-0.15, -0.1) is 0 Å². The quantitative estimate of drug-likeness (QED) is 0.307. The monoisotopic (exact) mass is 259 g/mol. The average molecular weight is 261 g/mol. The molecule has 4 heteroatoms. The van der Waals surface area contributed by atoms with Crippen LogP contribution in [0.15, 0.2) is 22.9 Å². The Balaban J connectivity index is 0. The van der Waals surface area contributed by atoms with Crippen molar-refractivity contribution in [3.63, 3.8) is 0 Å². The zero-order valence-electron chi connectivity index (χ0n) is 4.64. The summed E-state index contributed by atoms with van der Waals surface area (Å²) < 4.78 is 0.853. The first-order valence-corrected chi connectivity index (χ1v) is 2.66. The molecule has 1 rings (SSSR count). The van der Waals surface area contributed by atoms with E-state index in [0.29, 0.717) is 0 Å². The van der Waals surface area contributed by atoms with E-state index in [2.05, 4.69) is 27.0 Å². The van der Waals surface area contributed by atoms with Crippen molar-refractivity contribution < 1.29 is 17.0 Å². The molecule has 0 amide bonds. The fraction of sp³-hybridized carbons (Fsp3) is 0. The predicted molar refractivity (Wildman–Crippen MR) is 36.5 cm³/mol. The van der Waals surface area contributed by atoms with E-state index in [0.717, 1.165) is 4.60 Å². The van der Waals surface area contributed by atoms with Gasteiger partial charge in [-0.25, -0.2) is 12.1 Å². The van der Waals surface area contributed by atoms with E-state index >= 15 is 0 Å². The van der Waals surface area contributed by atoms with E-state index in [1.54, 1.807) is 12.3 Å². The average Bonchev–Trinajstić information content (AvgIpc) is 1.69. The third kappa shape index (κ3) is 5.33. The molecule has 0 aliphatic rings. The van der Waals surface area contributed by atoms with Crippen molar-refractivity contribution in [3.8, 4) is 0 Å². The van der Waals surface area contributed by atoms with Crippen LogP contribution >= 0.6 is 15.9 Å². The molecule has 0 aliphatic heterocycles. The van der Waals surface area contributed by atoms with E-state index in [1.807, 2.05) is 6.07 Å². The normalized spacial score (nSPS) is 6.78. The predicted octanol–water partition coefficient (Wildman–Crippen LogP) is -1.73. The van der Waals surface area contributed by atoms with Crippen molar-refractivity contribution in [1.29, 1.82) is 0 Å². The van der Waals surface area contributed by atoms with Crippen LogP contribution in [-0.2, 0) is 0 Å². The van der Waals surface area contributed by atoms with Crippen LogP contribution in [0.25, 0.3) is 0 Å². The van der Waals surface area contributed by atoms with Gasteiger partial charge >= 0.3 is 23.1 Å². The molecule has 9 heavy (non-hydrogen) atoms. The zero-order valence-corrected chi connectivity index (χ0v) is 9.23. The summed E-state index contributed by atoms with van der Waals surface area (Å²) in [5.74, 6) is 0. The summed E-state index contributed by atoms with van der Waals surface area (Å²) in [6.45, 7) is 0. The Morgan fingerprint density at radius 2 is 2.22 bits per heavy atom. The van der Waals surface area contributed by atoms with Crippen molar-refractivity contribution >= 4 is 39.0 Å². The van der Waals surface area contributed by atoms with Gasteiger partial charge in [-0.3, -0.25) is 4.98 Å². The molecule has 0 N–H and O–H groups in total. The third-order valence-corrected chi connectivity index (χ3v) is 1.05. The zero-order chi connectivity index (χ0) is 5.11. The molecule has 0 unspecified atom stereocenters. The van der Waals surface area contributed by atoms with Gasteiger partial charge < -0.3 is 17.0 Å². The molecule has 0 aromatic carbocycles. The largest absolute Gasteiger partial charge is 2.00 e. The minimum absolute atomic E-state index is 0. The summed E-state index contributed by atoms with van der Waals surface area (Å²) >= 11 is 3.18. The Morgan fingerprint density at radius 3 is 2.44 bits per heavy atom. The Hall–Kier alpha value is 0.876. The second-order valence-corrected chi connectivity index (χ2v) is 1.89. The molecule has 0 fully saturated rings. The van der Waals surface area contributed by atoms with Crippen LogP contribution in [0.1, 0.15) is 0 Å². The summed E-state index contributed by atoms with van der Waals surface area (Å²) in [7, 11) is 0. The molecule has 1 aromatic rings. The van der Waals surface area contributed by atoms with E-state index < -0.39 is 0 Å². The Kier molecular flexibility index (Phi) is 9.74. The molecule has 1 nitrogen and oxygen atoms in total. The van der Waals surface area contributed by atoms with Gasteiger partial charge in [0.1, 0.15) is 0 Å². The number of hydrogen-bond donors (Lipinski definition) is 0. The first kappa shape index (κ1) is 12.5. The Labute approximate surface area is 89.3 Å². The van der Waals surface area contributed by atoms with E-state index in [1.165, 1.54) is 0 Å². The fourth-order valence-corrected chi connectivity index (χ4v) is 0.536. The second-order valence-electron chi connectivity index (χ2n) is 1.08. The van der Waals surface area contributed by atoms with Crippen molar-refractivity contribution in [3.05, 3.63) is 29.0 Å². The van der Waals surface area contributed by atoms with Crippen molar-refractivity contribution in [2.45, 2.75) is 0 Å². The first-order chi connectivity index (χ1) is 3.39. The van der Waals surface area contributed by atoms with Crippen LogP contribution in [0.3, 0.4) is 0 Å². The van der Waals surface area contributed by atoms with E-state index in [9.17, 15) is 0 Å². The minimum Gasteiger partial charge on any atom is -1.00 e. The summed E-state index contributed by atoms with van der Waals surface area (Å²) in [4.78, 5) is 3.84. The summed E-state index contributed by atoms with van der Waals surface area (Å²) in [5.41, 5.74) is 0. The van der Waals surface area contributed by atoms with Crippen LogP contribution in [0.4, 0.5) is 0 Å². The van der Waals surface area contributed by atoms with Crippen molar-refractivity contribution in [2.24, 2.45) is 0 Å². The van der Waals surface area contributed by atoms with E-state index in [4.69, 9.17) is 0 Å². The molecule has 0 saturated heterocycles. The molecular weight excluding hydrogens is 258 g/mol. The molecule has 0 saturated carbocycles. The number of aromatic nitrogens is 1. The topological polar surface area (TPSA) is 12.9 Å². The van der Waals surface area contributed by atoms with Gasteiger partial charge in [-0.05, 0) is 0 Å². The van der Waals surface area contributed by atoms with Crippen LogP contribution in [0, 0.1) is 6.07 Å². The summed E-state index contributed by atoms with van der Waals surface area (Å²) in [5, 5.41) is 0. The Morgan fingerprint density at radius 1 is 1.56 bits per heavy atom. The number of halogens is 2. The van der Waals surface area contributed by atoms with Gasteiger partial charge in [0, 0.05) is 4.60 Å². The molecule has 1 heterocycles. The maximum atomic E-state index is 3.84. The number of pyridine rings is 1. The standard InChI is InChI=1S/C5H3BrN.BrH.Mg/c6-5-3-1-2-4-7-5;;/h1,3-4H;1H;/q-1;;+2/p-1. The van der Waals surface area contributed by atoms with Crippen molar-refractivity contribution in [2.75, 3.05) is 0 Å². The van der Waals surface area contributed by atoms with Crippen molar-refractivity contribution in [1.82, 2.24) is 4.98 Å². The Bertz CT molecular complexity index is 145. The second kappa shape index (κ2) is 6.99. The van der Waals surface area contributed by atoms with Crippen LogP contribution in [-0.4, -0.2) is 28.0 Å². The van der Waals surface area contributed by atoms with Gasteiger partial charge in [0.05, 0.1) is 0 Å². The molecule has 0 aliphatic carbocycles. The summed E-state index contributed by atoms with van der Waals surface area (Å²) in [6, 6.07) is 6.43. The van der Waals surface area contributed by atoms with Gasteiger partial charge in [0.25, 0.3) is 0 Å². The SMILES string of the molecule is Brc1cc[c-]cn1.[Br-].[Mg+2]. The smallest absolute Gasteiger partial charge is 1.00 e. The third-order valence-electron chi connectivity index (χ3n) is 0.580. The molecular formula is C5H3Br2MgN. The van der Waals surface area contributed by atoms with Gasteiger partial charge in [-0.1, -0.05) is 22.1 Å². The van der Waals surface area contributed by atoms with Crippen LogP contribution in [0.5, 0.6) is 0 Å². The van der Waals surface area contributed by atoms with Crippen LogP contribution < -0.4 is 17.0 Å². The van der Waals surface area contributed by atoms with E-state index in [-0.39, 0.29) is 40.0 Å². The first-order valence-electron chi connectivity index (χ1n) is 1.87. The number of hydrogen-bond acceptors (Lipinski definition) is 1. The molecule has 1 aromatic heterocycles. The van der Waals surface area contributed by atoms with Gasteiger partial charge in [0.2, 0.25) is 0 Å². The van der Waals surface area contributed by atoms with Gasteiger partial charge in [-0.2, -0.15) is 6.07 Å². The van der Waals surface area contributed by atoms with Crippen LogP contribution in [0.2, 0.25) is 0 Å². The minimum atomic E-state index is 0. The maximum Gasteiger partial charge on any atom is 2.00 e. The molecule has 0 spiro atoms. The maximum absolute atomic E-state index is 3.84. The molecule has 0 atom stereocenters. The number of nitrogens with zero attached hydrogens (tertiary/aromatic N) is 1. The molecule has 0 bridgehead atoms. The molecule has 0 radical (unpaired) electrons. The summed E-state index contributed by atoms with van der Waals surface area (Å²) in [6.07, 6.45) is 1.62. The van der Waals surface area contributed by atoms with Gasteiger partial charge in [0.15, 0.2) is 0 Å². The molecule has 44 valence electrons.